The highest BCUT2D eigenvalue weighted by Crippen LogP contribution is 2.30. The third-order valence-electron chi connectivity index (χ3n) is 4.18. The third-order valence-corrected chi connectivity index (χ3v) is 7.14. The van der Waals surface area contributed by atoms with Gasteiger partial charge in [0.1, 0.15) is 9.88 Å². The number of benzene rings is 1. The van der Waals surface area contributed by atoms with Crippen LogP contribution in [0.25, 0.3) is 10.6 Å². The maximum Gasteiger partial charge on any atom is 0.263 e. The summed E-state index contributed by atoms with van der Waals surface area (Å²) in [5, 5.41) is 3.65. The zero-order valence-corrected chi connectivity index (χ0v) is 15.6. The topological polar surface area (TPSA) is 76.1 Å². The smallest absolute Gasteiger partial charge is 0.263 e. The molecule has 128 valence electrons. The van der Waals surface area contributed by atoms with Gasteiger partial charge in [0.05, 0.1) is 17.2 Å². The number of rotatable bonds is 3. The standard InChI is InChI=1S/C17H20N2O3S2/c1-10-4-5-14(11(2)8-10)17-18-12(3)15(23-17)16(20)19-13-6-7-24(21,22)9-13/h4-5,8,13H,6-7,9H2,1-3H3,(H,19,20)/t13-/m1/s1. The molecule has 0 spiro atoms. The number of thiazole rings is 1. The van der Waals surface area contributed by atoms with Crippen LogP contribution in [0.15, 0.2) is 18.2 Å². The van der Waals surface area contributed by atoms with Crippen molar-refractivity contribution in [3.05, 3.63) is 39.9 Å². The number of aromatic nitrogens is 1. The van der Waals surface area contributed by atoms with E-state index in [4.69, 9.17) is 0 Å². The Bertz CT molecular complexity index is 901. The van der Waals surface area contributed by atoms with Crippen LogP contribution < -0.4 is 5.32 Å². The second kappa shape index (κ2) is 6.29. The highest BCUT2D eigenvalue weighted by molar-refractivity contribution is 7.91. The fourth-order valence-corrected chi connectivity index (χ4v) is 5.67. The lowest BCUT2D eigenvalue weighted by atomic mass is 10.1. The molecule has 0 aliphatic carbocycles. The van der Waals surface area contributed by atoms with Crippen molar-refractivity contribution in [3.8, 4) is 10.6 Å². The molecule has 3 rings (SSSR count). The first kappa shape index (κ1) is 17.1. The average molecular weight is 364 g/mol. The molecule has 2 aromatic rings. The minimum atomic E-state index is -3.01. The summed E-state index contributed by atoms with van der Waals surface area (Å²) >= 11 is 1.35. The Hall–Kier alpha value is -1.73. The number of hydrogen-bond donors (Lipinski definition) is 1. The third kappa shape index (κ3) is 3.52. The van der Waals surface area contributed by atoms with Crippen LogP contribution in [0, 0.1) is 20.8 Å². The second-order valence-corrected chi connectivity index (χ2v) is 9.55. The van der Waals surface area contributed by atoms with Crippen molar-refractivity contribution >= 4 is 27.1 Å². The highest BCUT2D eigenvalue weighted by atomic mass is 32.2. The van der Waals surface area contributed by atoms with E-state index in [1.807, 2.05) is 32.9 Å². The molecule has 0 unspecified atom stereocenters. The molecular weight excluding hydrogens is 344 g/mol. The Morgan fingerprint density at radius 1 is 1.29 bits per heavy atom. The molecule has 1 atom stereocenters. The van der Waals surface area contributed by atoms with E-state index in [2.05, 4.69) is 16.4 Å². The Balaban J connectivity index is 1.82. The summed E-state index contributed by atoms with van der Waals surface area (Å²) in [6.45, 7) is 5.88. The van der Waals surface area contributed by atoms with Crippen molar-refractivity contribution in [1.82, 2.24) is 10.3 Å². The highest BCUT2D eigenvalue weighted by Gasteiger charge is 2.30. The first-order valence-corrected chi connectivity index (χ1v) is 10.5. The lowest BCUT2D eigenvalue weighted by Gasteiger charge is -2.09. The normalized spacial score (nSPS) is 19.4. The molecule has 0 bridgehead atoms. The summed E-state index contributed by atoms with van der Waals surface area (Å²) in [6.07, 6.45) is 0.482. The fraction of sp³-hybridized carbons (Fsp3) is 0.412. The molecule has 1 aliphatic heterocycles. The molecule has 1 aromatic carbocycles. The summed E-state index contributed by atoms with van der Waals surface area (Å²) in [4.78, 5) is 17.6. The van der Waals surface area contributed by atoms with Gasteiger partial charge in [-0.15, -0.1) is 11.3 Å². The molecule has 1 amide bonds. The Labute approximate surface area is 146 Å². The minimum absolute atomic E-state index is 0.0283. The average Bonchev–Trinajstić information content (AvgIpc) is 3.01. The van der Waals surface area contributed by atoms with Gasteiger partial charge in [-0.1, -0.05) is 23.8 Å². The number of aryl methyl sites for hydroxylation is 3. The monoisotopic (exact) mass is 364 g/mol. The first-order valence-electron chi connectivity index (χ1n) is 7.81. The summed E-state index contributed by atoms with van der Waals surface area (Å²) in [7, 11) is -3.01. The molecule has 0 radical (unpaired) electrons. The van der Waals surface area contributed by atoms with Crippen LogP contribution in [-0.4, -0.2) is 36.9 Å². The number of carbonyl (C=O) groups is 1. The van der Waals surface area contributed by atoms with Gasteiger partial charge in [-0.3, -0.25) is 4.79 Å². The van der Waals surface area contributed by atoms with Crippen LogP contribution in [0.1, 0.15) is 32.9 Å². The number of hydrogen-bond acceptors (Lipinski definition) is 5. The number of carbonyl (C=O) groups excluding carboxylic acids is 1. The van der Waals surface area contributed by atoms with E-state index in [0.29, 0.717) is 17.0 Å². The maximum absolute atomic E-state index is 12.5. The SMILES string of the molecule is Cc1ccc(-c2nc(C)c(C(=O)N[C@@H]3CCS(=O)(=O)C3)s2)c(C)c1. The van der Waals surface area contributed by atoms with E-state index < -0.39 is 9.84 Å². The van der Waals surface area contributed by atoms with Crippen molar-refractivity contribution < 1.29 is 13.2 Å². The quantitative estimate of drug-likeness (QED) is 0.908. The van der Waals surface area contributed by atoms with Gasteiger partial charge in [0.2, 0.25) is 0 Å². The molecule has 24 heavy (non-hydrogen) atoms. The van der Waals surface area contributed by atoms with Crippen molar-refractivity contribution in [1.29, 1.82) is 0 Å². The molecule has 7 heteroatoms. The molecular formula is C17H20N2O3S2. The van der Waals surface area contributed by atoms with Gasteiger partial charge in [0.15, 0.2) is 9.84 Å². The van der Waals surface area contributed by atoms with Gasteiger partial charge >= 0.3 is 0 Å². The van der Waals surface area contributed by atoms with Crippen molar-refractivity contribution in [2.75, 3.05) is 11.5 Å². The number of amides is 1. The van der Waals surface area contributed by atoms with Crippen molar-refractivity contribution in [2.45, 2.75) is 33.2 Å². The molecule has 1 aliphatic rings. The van der Waals surface area contributed by atoms with Crippen LogP contribution >= 0.6 is 11.3 Å². The molecule has 1 N–H and O–H groups in total. The first-order chi connectivity index (χ1) is 11.2. The summed E-state index contributed by atoms with van der Waals surface area (Å²) in [6, 6.07) is 5.85. The van der Waals surface area contributed by atoms with E-state index >= 15 is 0 Å². The van der Waals surface area contributed by atoms with E-state index in [1.165, 1.54) is 16.9 Å². The van der Waals surface area contributed by atoms with Gasteiger partial charge < -0.3 is 5.32 Å². The van der Waals surface area contributed by atoms with Crippen LogP contribution in [0.2, 0.25) is 0 Å². The van der Waals surface area contributed by atoms with Crippen LogP contribution in [0.4, 0.5) is 0 Å². The van der Waals surface area contributed by atoms with Crippen LogP contribution in [-0.2, 0) is 9.84 Å². The molecule has 0 saturated carbocycles. The van der Waals surface area contributed by atoms with Gasteiger partial charge in [-0.2, -0.15) is 0 Å². The Morgan fingerprint density at radius 2 is 2.04 bits per heavy atom. The molecule has 1 saturated heterocycles. The van der Waals surface area contributed by atoms with E-state index in [0.717, 1.165) is 16.1 Å². The predicted molar refractivity (Wildman–Crippen MR) is 96.3 cm³/mol. The van der Waals surface area contributed by atoms with Crippen LogP contribution in [0.5, 0.6) is 0 Å². The fourth-order valence-electron chi connectivity index (χ4n) is 2.94. The zero-order chi connectivity index (χ0) is 17.5. The van der Waals surface area contributed by atoms with Gasteiger partial charge in [-0.05, 0) is 32.8 Å². The van der Waals surface area contributed by atoms with E-state index in [1.54, 1.807) is 0 Å². The minimum Gasteiger partial charge on any atom is -0.347 e. The Kier molecular flexibility index (Phi) is 4.48. The number of sulfone groups is 1. The largest absolute Gasteiger partial charge is 0.347 e. The number of nitrogens with one attached hydrogen (secondary N) is 1. The van der Waals surface area contributed by atoms with Gasteiger partial charge in [0.25, 0.3) is 5.91 Å². The zero-order valence-electron chi connectivity index (χ0n) is 13.9. The van der Waals surface area contributed by atoms with Crippen molar-refractivity contribution in [2.24, 2.45) is 0 Å². The van der Waals surface area contributed by atoms with E-state index in [9.17, 15) is 13.2 Å². The molecule has 2 heterocycles. The number of nitrogens with zero attached hydrogens (tertiary/aromatic N) is 1. The molecule has 1 aromatic heterocycles. The van der Waals surface area contributed by atoms with Gasteiger partial charge in [-0.25, -0.2) is 13.4 Å². The summed E-state index contributed by atoms with van der Waals surface area (Å²) in [5.41, 5.74) is 4.01. The predicted octanol–water partition coefficient (Wildman–Crippen LogP) is 2.65. The summed E-state index contributed by atoms with van der Waals surface area (Å²) in [5.74, 6) is -0.0587. The molecule has 1 fully saturated rings. The van der Waals surface area contributed by atoms with E-state index in [-0.39, 0.29) is 23.5 Å². The second-order valence-electron chi connectivity index (χ2n) is 6.33. The Morgan fingerprint density at radius 3 is 2.67 bits per heavy atom. The van der Waals surface area contributed by atoms with Crippen LogP contribution in [0.3, 0.4) is 0 Å². The lowest BCUT2D eigenvalue weighted by Crippen LogP contribution is -2.35. The summed E-state index contributed by atoms with van der Waals surface area (Å²) < 4.78 is 23.0. The van der Waals surface area contributed by atoms with Crippen molar-refractivity contribution in [3.63, 3.8) is 0 Å². The molecule has 5 nitrogen and oxygen atoms in total. The maximum atomic E-state index is 12.5. The van der Waals surface area contributed by atoms with Gasteiger partial charge in [0, 0.05) is 11.6 Å². The lowest BCUT2D eigenvalue weighted by molar-refractivity contribution is 0.0944.